The van der Waals surface area contributed by atoms with Crippen LogP contribution in [0.1, 0.15) is 29.4 Å². The Kier molecular flexibility index (Phi) is 5.24. The number of hydrogen-bond acceptors (Lipinski definition) is 5. The predicted molar refractivity (Wildman–Crippen MR) is 89.6 cm³/mol. The summed E-state index contributed by atoms with van der Waals surface area (Å²) in [5, 5.41) is 8.55. The maximum Gasteiger partial charge on any atom is 0.257 e. The van der Waals surface area contributed by atoms with Gasteiger partial charge in [-0.1, -0.05) is 6.92 Å². The van der Waals surface area contributed by atoms with Gasteiger partial charge in [0.05, 0.1) is 17.8 Å². The Morgan fingerprint density at radius 2 is 1.92 bits per heavy atom. The molecule has 0 unspecified atom stereocenters. The van der Waals surface area contributed by atoms with Crippen molar-refractivity contribution in [2.45, 2.75) is 33.4 Å². The number of carbonyl (C=O) groups excluding carboxylic acids is 1. The monoisotopic (exact) mass is 331 g/mol. The third-order valence-electron chi connectivity index (χ3n) is 4.40. The summed E-state index contributed by atoms with van der Waals surface area (Å²) in [6, 6.07) is 0. The fourth-order valence-corrected chi connectivity index (χ4v) is 3.01. The lowest BCUT2D eigenvalue weighted by molar-refractivity contribution is 0.0631. The second-order valence-electron chi connectivity index (χ2n) is 6.18. The van der Waals surface area contributed by atoms with Gasteiger partial charge >= 0.3 is 0 Å². The molecule has 24 heavy (non-hydrogen) atoms. The van der Waals surface area contributed by atoms with E-state index in [2.05, 4.69) is 27.0 Å². The van der Waals surface area contributed by atoms with E-state index in [9.17, 15) is 4.79 Å². The van der Waals surface area contributed by atoms with Crippen LogP contribution in [0.5, 0.6) is 0 Å². The summed E-state index contributed by atoms with van der Waals surface area (Å²) < 4.78 is 3.71. The molecule has 130 valence electrons. The van der Waals surface area contributed by atoms with Crippen LogP contribution >= 0.6 is 0 Å². The quantitative estimate of drug-likeness (QED) is 0.777. The maximum absolute atomic E-state index is 12.7. The van der Waals surface area contributed by atoms with Crippen LogP contribution in [0.2, 0.25) is 0 Å². The van der Waals surface area contributed by atoms with Crippen molar-refractivity contribution in [1.29, 1.82) is 0 Å². The first kappa shape index (κ1) is 16.6. The number of piperazine rings is 1. The van der Waals surface area contributed by atoms with Gasteiger partial charge in [-0.2, -0.15) is 10.2 Å². The molecule has 0 radical (unpaired) electrons. The highest BCUT2D eigenvalue weighted by Crippen LogP contribution is 2.12. The van der Waals surface area contributed by atoms with Gasteiger partial charge in [-0.25, -0.2) is 4.98 Å². The van der Waals surface area contributed by atoms with E-state index in [-0.39, 0.29) is 5.91 Å². The third kappa shape index (κ3) is 3.81. The van der Waals surface area contributed by atoms with Crippen LogP contribution in [0, 0.1) is 6.92 Å². The molecule has 0 spiro atoms. The smallest absolute Gasteiger partial charge is 0.257 e. The van der Waals surface area contributed by atoms with Crippen molar-refractivity contribution < 1.29 is 4.79 Å². The topological polar surface area (TPSA) is 72.1 Å². The summed E-state index contributed by atoms with van der Waals surface area (Å²) in [7, 11) is 0. The second kappa shape index (κ2) is 7.57. The first-order valence-corrected chi connectivity index (χ1v) is 8.55. The van der Waals surface area contributed by atoms with Gasteiger partial charge < -0.3 is 4.90 Å². The number of aryl methyl sites for hydroxylation is 2. The molecule has 3 heterocycles. The van der Waals surface area contributed by atoms with Gasteiger partial charge in [0, 0.05) is 45.5 Å². The molecule has 1 aliphatic heterocycles. The van der Waals surface area contributed by atoms with Crippen molar-refractivity contribution in [3.05, 3.63) is 30.1 Å². The van der Waals surface area contributed by atoms with Gasteiger partial charge in [-0.3, -0.25) is 19.1 Å². The lowest BCUT2D eigenvalue weighted by Crippen LogP contribution is -2.49. The minimum Gasteiger partial charge on any atom is -0.336 e. The standard InChI is InChI=1S/C16H25N7O/c1-3-4-22-11-15(14(2)19-22)16(24)21-8-5-20(6-9-21)7-10-23-13-17-12-18-23/h11-13H,3-10H2,1-2H3. The SMILES string of the molecule is CCCn1cc(C(=O)N2CCN(CCn3cncn3)CC2)c(C)n1. The number of hydrogen-bond donors (Lipinski definition) is 0. The molecule has 1 aliphatic rings. The number of carbonyl (C=O) groups is 1. The number of aromatic nitrogens is 5. The van der Waals surface area contributed by atoms with Crippen molar-refractivity contribution in [2.24, 2.45) is 0 Å². The predicted octanol–water partition coefficient (Wildman–Crippen LogP) is 0.651. The summed E-state index contributed by atoms with van der Waals surface area (Å²) >= 11 is 0. The summed E-state index contributed by atoms with van der Waals surface area (Å²) in [4.78, 5) is 21.0. The van der Waals surface area contributed by atoms with Crippen molar-refractivity contribution >= 4 is 5.91 Å². The van der Waals surface area contributed by atoms with Crippen LogP contribution in [0.4, 0.5) is 0 Å². The minimum atomic E-state index is 0.103. The first-order valence-electron chi connectivity index (χ1n) is 8.55. The fraction of sp³-hybridized carbons (Fsp3) is 0.625. The van der Waals surface area contributed by atoms with E-state index < -0.39 is 0 Å². The van der Waals surface area contributed by atoms with E-state index in [4.69, 9.17) is 0 Å². The zero-order valence-corrected chi connectivity index (χ0v) is 14.4. The van der Waals surface area contributed by atoms with Crippen molar-refractivity contribution in [3.8, 4) is 0 Å². The van der Waals surface area contributed by atoms with Crippen LogP contribution in [0.3, 0.4) is 0 Å². The van der Waals surface area contributed by atoms with Gasteiger partial charge in [0.15, 0.2) is 0 Å². The molecule has 2 aromatic rings. The molecule has 0 aliphatic carbocycles. The fourth-order valence-electron chi connectivity index (χ4n) is 3.01. The van der Waals surface area contributed by atoms with Crippen molar-refractivity contribution in [3.63, 3.8) is 0 Å². The highest BCUT2D eigenvalue weighted by molar-refractivity contribution is 5.95. The van der Waals surface area contributed by atoms with Crippen LogP contribution in [0.15, 0.2) is 18.9 Å². The molecule has 1 amide bonds. The van der Waals surface area contributed by atoms with E-state index >= 15 is 0 Å². The highest BCUT2D eigenvalue weighted by Gasteiger charge is 2.24. The van der Waals surface area contributed by atoms with Gasteiger partial charge in [-0.15, -0.1) is 0 Å². The average Bonchev–Trinajstić information content (AvgIpc) is 3.23. The molecule has 1 fully saturated rings. The molecule has 0 aromatic carbocycles. The summed E-state index contributed by atoms with van der Waals surface area (Å²) in [5.74, 6) is 0.103. The zero-order valence-electron chi connectivity index (χ0n) is 14.4. The molecule has 8 nitrogen and oxygen atoms in total. The van der Waals surface area contributed by atoms with E-state index in [0.717, 1.165) is 63.5 Å². The summed E-state index contributed by atoms with van der Waals surface area (Å²) in [6.45, 7) is 9.93. The molecule has 0 bridgehead atoms. The Morgan fingerprint density at radius 1 is 1.12 bits per heavy atom. The van der Waals surface area contributed by atoms with Gasteiger partial charge in [0.2, 0.25) is 0 Å². The van der Waals surface area contributed by atoms with E-state index in [0.29, 0.717) is 0 Å². The summed E-state index contributed by atoms with van der Waals surface area (Å²) in [5.41, 5.74) is 1.56. The normalized spacial score (nSPS) is 15.8. The first-order chi connectivity index (χ1) is 11.7. The largest absolute Gasteiger partial charge is 0.336 e. The molecule has 0 saturated carbocycles. The lowest BCUT2D eigenvalue weighted by atomic mass is 10.2. The molecule has 0 atom stereocenters. The van der Waals surface area contributed by atoms with Crippen LogP contribution < -0.4 is 0 Å². The summed E-state index contributed by atoms with van der Waals surface area (Å²) in [6.07, 6.45) is 6.19. The number of nitrogens with zero attached hydrogens (tertiary/aromatic N) is 7. The van der Waals surface area contributed by atoms with Gasteiger partial charge in [-0.05, 0) is 13.3 Å². The molecule has 0 N–H and O–H groups in total. The van der Waals surface area contributed by atoms with Gasteiger partial charge in [0.1, 0.15) is 12.7 Å². The van der Waals surface area contributed by atoms with Crippen LogP contribution in [-0.2, 0) is 13.1 Å². The highest BCUT2D eigenvalue weighted by atomic mass is 16.2. The molecule has 3 rings (SSSR count). The Hall–Kier alpha value is -2.22. The zero-order chi connectivity index (χ0) is 16.9. The molecule has 1 saturated heterocycles. The Balaban J connectivity index is 1.51. The Morgan fingerprint density at radius 3 is 2.58 bits per heavy atom. The number of rotatable bonds is 6. The maximum atomic E-state index is 12.7. The number of amides is 1. The second-order valence-corrected chi connectivity index (χ2v) is 6.18. The molecular formula is C16H25N7O. The Bertz CT molecular complexity index is 656. The average molecular weight is 331 g/mol. The minimum absolute atomic E-state index is 0.103. The van der Waals surface area contributed by atoms with Crippen LogP contribution in [0.25, 0.3) is 0 Å². The lowest BCUT2D eigenvalue weighted by Gasteiger charge is -2.34. The molecule has 8 heteroatoms. The van der Waals surface area contributed by atoms with Crippen molar-refractivity contribution in [1.82, 2.24) is 34.3 Å². The van der Waals surface area contributed by atoms with E-state index in [1.54, 1.807) is 12.7 Å². The van der Waals surface area contributed by atoms with E-state index in [1.807, 2.05) is 27.4 Å². The molecular weight excluding hydrogens is 306 g/mol. The third-order valence-corrected chi connectivity index (χ3v) is 4.40. The Labute approximate surface area is 142 Å². The molecule has 2 aromatic heterocycles. The van der Waals surface area contributed by atoms with Gasteiger partial charge in [0.25, 0.3) is 5.91 Å². The van der Waals surface area contributed by atoms with Crippen molar-refractivity contribution in [2.75, 3.05) is 32.7 Å². The van der Waals surface area contributed by atoms with Crippen LogP contribution in [-0.4, -0.2) is 73.0 Å². The van der Waals surface area contributed by atoms with E-state index in [1.165, 1.54) is 0 Å².